The first kappa shape index (κ1) is 11.9. The summed E-state index contributed by atoms with van der Waals surface area (Å²) < 4.78 is 4.90. The smallest absolute Gasteiger partial charge is 0.191 e. The molecule has 0 fully saturated rings. The molecule has 82 valence electrons. The van der Waals surface area contributed by atoms with Crippen LogP contribution in [-0.4, -0.2) is 30.7 Å². The van der Waals surface area contributed by atoms with Gasteiger partial charge in [-0.3, -0.25) is 4.79 Å². The molecule has 0 amide bonds. The van der Waals surface area contributed by atoms with E-state index >= 15 is 0 Å². The van der Waals surface area contributed by atoms with Crippen molar-refractivity contribution in [3.05, 3.63) is 35.9 Å². The zero-order valence-electron chi connectivity index (χ0n) is 9.01. The molecule has 3 nitrogen and oxygen atoms in total. The van der Waals surface area contributed by atoms with Crippen LogP contribution in [0.2, 0.25) is 0 Å². The number of carbonyl (C=O) groups excluding carboxylic acids is 1. The maximum Gasteiger partial charge on any atom is 0.191 e. The van der Waals surface area contributed by atoms with Gasteiger partial charge < -0.3 is 9.84 Å². The van der Waals surface area contributed by atoms with Crippen LogP contribution in [-0.2, 0) is 4.74 Å². The van der Waals surface area contributed by atoms with Gasteiger partial charge in [-0.15, -0.1) is 0 Å². The Morgan fingerprint density at radius 2 is 2.00 bits per heavy atom. The maximum absolute atomic E-state index is 11.8. The molecule has 0 saturated carbocycles. The van der Waals surface area contributed by atoms with Crippen molar-refractivity contribution in [2.24, 2.45) is 5.92 Å². The SMILES string of the molecule is COCC(C)C(O)C(=O)c1ccccc1. The molecule has 0 heterocycles. The van der Waals surface area contributed by atoms with Crippen LogP contribution in [0.4, 0.5) is 0 Å². The lowest BCUT2D eigenvalue weighted by molar-refractivity contribution is 0.0437. The van der Waals surface area contributed by atoms with Crippen molar-refractivity contribution in [1.29, 1.82) is 0 Å². The Balaban J connectivity index is 2.69. The number of methoxy groups -OCH3 is 1. The number of hydrogen-bond donors (Lipinski definition) is 1. The molecule has 1 aromatic carbocycles. The molecular formula is C12H16O3. The number of aliphatic hydroxyl groups excluding tert-OH is 1. The fourth-order valence-electron chi connectivity index (χ4n) is 1.39. The molecule has 0 bridgehead atoms. The standard InChI is InChI=1S/C12H16O3/c1-9(8-15-2)11(13)12(14)10-6-4-3-5-7-10/h3-7,9,11,13H,8H2,1-2H3. The summed E-state index contributed by atoms with van der Waals surface area (Å²) in [5.41, 5.74) is 0.535. The molecule has 0 spiro atoms. The summed E-state index contributed by atoms with van der Waals surface area (Å²) in [6.07, 6.45) is -0.993. The molecular weight excluding hydrogens is 192 g/mol. The molecule has 2 unspecified atom stereocenters. The Labute approximate surface area is 89.7 Å². The van der Waals surface area contributed by atoms with Crippen molar-refractivity contribution in [3.63, 3.8) is 0 Å². The maximum atomic E-state index is 11.8. The number of ketones is 1. The van der Waals surface area contributed by atoms with Crippen molar-refractivity contribution >= 4 is 5.78 Å². The molecule has 0 aliphatic rings. The Hall–Kier alpha value is -1.19. The van der Waals surface area contributed by atoms with Gasteiger partial charge in [-0.2, -0.15) is 0 Å². The van der Waals surface area contributed by atoms with Gasteiger partial charge in [-0.25, -0.2) is 0 Å². The zero-order chi connectivity index (χ0) is 11.3. The van der Waals surface area contributed by atoms with Gasteiger partial charge in [0, 0.05) is 18.6 Å². The number of rotatable bonds is 5. The van der Waals surface area contributed by atoms with Crippen molar-refractivity contribution in [2.75, 3.05) is 13.7 Å². The van der Waals surface area contributed by atoms with E-state index in [0.717, 1.165) is 0 Å². The topological polar surface area (TPSA) is 46.5 Å². The lowest BCUT2D eigenvalue weighted by Gasteiger charge is -2.16. The van der Waals surface area contributed by atoms with Gasteiger partial charge in [-0.1, -0.05) is 37.3 Å². The van der Waals surface area contributed by atoms with E-state index in [2.05, 4.69) is 0 Å². The summed E-state index contributed by atoms with van der Waals surface area (Å²) in [7, 11) is 1.55. The first-order valence-corrected chi connectivity index (χ1v) is 4.93. The Bertz CT molecular complexity index is 308. The Kier molecular flexibility index (Phi) is 4.46. The van der Waals surface area contributed by atoms with Gasteiger partial charge in [0.25, 0.3) is 0 Å². The quantitative estimate of drug-likeness (QED) is 0.746. The van der Waals surface area contributed by atoms with Gasteiger partial charge >= 0.3 is 0 Å². The highest BCUT2D eigenvalue weighted by Gasteiger charge is 2.23. The average Bonchev–Trinajstić information content (AvgIpc) is 2.28. The van der Waals surface area contributed by atoms with Crippen molar-refractivity contribution < 1.29 is 14.6 Å². The van der Waals surface area contributed by atoms with Crippen LogP contribution < -0.4 is 0 Å². The summed E-state index contributed by atoms with van der Waals surface area (Å²) in [6, 6.07) is 8.79. The van der Waals surface area contributed by atoms with E-state index in [0.29, 0.717) is 12.2 Å². The van der Waals surface area contributed by atoms with E-state index in [1.54, 1.807) is 38.3 Å². The minimum Gasteiger partial charge on any atom is -0.385 e. The van der Waals surface area contributed by atoms with Gasteiger partial charge in [0.05, 0.1) is 6.61 Å². The first-order valence-electron chi connectivity index (χ1n) is 4.93. The monoisotopic (exact) mass is 208 g/mol. The second kappa shape index (κ2) is 5.63. The second-order valence-electron chi connectivity index (χ2n) is 3.61. The molecule has 1 aromatic rings. The largest absolute Gasteiger partial charge is 0.385 e. The van der Waals surface area contributed by atoms with Crippen LogP contribution in [0, 0.1) is 5.92 Å². The van der Waals surface area contributed by atoms with E-state index in [-0.39, 0.29) is 11.7 Å². The molecule has 15 heavy (non-hydrogen) atoms. The number of Topliss-reactive ketones (excluding diaryl/α,β-unsaturated/α-hetero) is 1. The number of carbonyl (C=O) groups is 1. The fourth-order valence-corrected chi connectivity index (χ4v) is 1.39. The fraction of sp³-hybridized carbons (Fsp3) is 0.417. The third-order valence-electron chi connectivity index (χ3n) is 2.30. The highest BCUT2D eigenvalue weighted by Crippen LogP contribution is 2.10. The molecule has 0 aromatic heterocycles. The number of aliphatic hydroxyl groups is 1. The molecule has 0 saturated heterocycles. The summed E-state index contributed by atoms with van der Waals surface area (Å²) in [5.74, 6) is -0.442. The highest BCUT2D eigenvalue weighted by atomic mass is 16.5. The van der Waals surface area contributed by atoms with Crippen molar-refractivity contribution in [1.82, 2.24) is 0 Å². The van der Waals surface area contributed by atoms with Crippen LogP contribution in [0.25, 0.3) is 0 Å². The summed E-state index contributed by atoms with van der Waals surface area (Å²) in [4.78, 5) is 11.8. The predicted molar refractivity (Wildman–Crippen MR) is 57.8 cm³/mol. The summed E-state index contributed by atoms with van der Waals surface area (Å²) in [6.45, 7) is 2.16. The summed E-state index contributed by atoms with van der Waals surface area (Å²) in [5, 5.41) is 9.74. The van der Waals surface area contributed by atoms with Crippen LogP contribution >= 0.6 is 0 Å². The van der Waals surface area contributed by atoms with Crippen LogP contribution in [0.1, 0.15) is 17.3 Å². The van der Waals surface area contributed by atoms with Crippen LogP contribution in [0.5, 0.6) is 0 Å². The lowest BCUT2D eigenvalue weighted by atomic mass is 9.97. The number of benzene rings is 1. The van der Waals surface area contributed by atoms with Crippen molar-refractivity contribution in [2.45, 2.75) is 13.0 Å². The van der Waals surface area contributed by atoms with Crippen LogP contribution in [0.3, 0.4) is 0 Å². The molecule has 1 rings (SSSR count). The molecule has 2 atom stereocenters. The van der Waals surface area contributed by atoms with Gasteiger partial charge in [0.15, 0.2) is 5.78 Å². The molecule has 0 aliphatic carbocycles. The van der Waals surface area contributed by atoms with Crippen LogP contribution in [0.15, 0.2) is 30.3 Å². The summed E-state index contributed by atoms with van der Waals surface area (Å²) >= 11 is 0. The van der Waals surface area contributed by atoms with Gasteiger partial charge in [-0.05, 0) is 0 Å². The van der Waals surface area contributed by atoms with E-state index in [9.17, 15) is 9.90 Å². The second-order valence-corrected chi connectivity index (χ2v) is 3.61. The van der Waals surface area contributed by atoms with E-state index < -0.39 is 6.10 Å². The van der Waals surface area contributed by atoms with Gasteiger partial charge in [0.1, 0.15) is 6.10 Å². The Morgan fingerprint density at radius 1 is 1.40 bits per heavy atom. The van der Waals surface area contributed by atoms with Gasteiger partial charge in [0.2, 0.25) is 0 Å². The van der Waals surface area contributed by atoms with E-state index in [1.807, 2.05) is 6.07 Å². The number of ether oxygens (including phenoxy) is 1. The average molecular weight is 208 g/mol. The van der Waals surface area contributed by atoms with E-state index in [1.165, 1.54) is 0 Å². The van der Waals surface area contributed by atoms with Crippen molar-refractivity contribution in [3.8, 4) is 0 Å². The molecule has 0 radical (unpaired) electrons. The molecule has 0 aliphatic heterocycles. The highest BCUT2D eigenvalue weighted by molar-refractivity contribution is 5.99. The molecule has 1 N–H and O–H groups in total. The molecule has 3 heteroatoms. The first-order chi connectivity index (χ1) is 7.16. The third-order valence-corrected chi connectivity index (χ3v) is 2.30. The zero-order valence-corrected chi connectivity index (χ0v) is 9.01. The van der Waals surface area contributed by atoms with E-state index in [4.69, 9.17) is 4.74 Å². The number of hydrogen-bond acceptors (Lipinski definition) is 3. The Morgan fingerprint density at radius 3 is 2.53 bits per heavy atom. The predicted octanol–water partition coefficient (Wildman–Crippen LogP) is 1.51. The minimum absolute atomic E-state index is 0.192. The minimum atomic E-state index is -0.993. The normalized spacial score (nSPS) is 14.6. The lowest BCUT2D eigenvalue weighted by Crippen LogP contribution is -2.30. The third kappa shape index (κ3) is 3.15.